The molecule has 0 saturated carbocycles. The van der Waals surface area contributed by atoms with Gasteiger partial charge in [0.1, 0.15) is 0 Å². The first-order valence-electron chi connectivity index (χ1n) is 7.08. The maximum Gasteiger partial charge on any atom is -0.0303 e. The molecule has 0 aromatic rings. The summed E-state index contributed by atoms with van der Waals surface area (Å²) < 4.78 is 0. The van der Waals surface area contributed by atoms with Crippen molar-refractivity contribution < 1.29 is 0 Å². The van der Waals surface area contributed by atoms with Crippen LogP contribution in [0, 0.1) is 28.6 Å². The first-order chi connectivity index (χ1) is 7.08. The maximum atomic E-state index is 2.46. The van der Waals surface area contributed by atoms with Gasteiger partial charge in [-0.05, 0) is 35.0 Å². The Morgan fingerprint density at radius 1 is 0.812 bits per heavy atom. The predicted molar refractivity (Wildman–Crippen MR) is 75.6 cm³/mol. The Balaban J connectivity index is 4.72. The minimum absolute atomic E-state index is 0.450. The molecule has 2 atom stereocenters. The summed E-state index contributed by atoms with van der Waals surface area (Å²) in [6, 6.07) is 0. The molecule has 0 aliphatic carbocycles. The maximum absolute atomic E-state index is 2.46. The third kappa shape index (κ3) is 3.50. The van der Waals surface area contributed by atoms with Crippen LogP contribution < -0.4 is 0 Å². The molecule has 0 bridgehead atoms. The third-order valence-corrected chi connectivity index (χ3v) is 5.73. The van der Waals surface area contributed by atoms with E-state index in [1.54, 1.807) is 0 Å². The van der Waals surface area contributed by atoms with Gasteiger partial charge in [0, 0.05) is 0 Å². The highest BCUT2D eigenvalue weighted by Crippen LogP contribution is 2.45. The van der Waals surface area contributed by atoms with E-state index in [9.17, 15) is 0 Å². The summed E-state index contributed by atoms with van der Waals surface area (Å²) in [5.41, 5.74) is 0.955. The zero-order valence-electron chi connectivity index (χ0n) is 13.1. The fraction of sp³-hybridized carbons (Fsp3) is 1.00. The summed E-state index contributed by atoms with van der Waals surface area (Å²) in [5.74, 6) is 2.33. The Morgan fingerprint density at radius 3 is 1.50 bits per heavy atom. The molecular formula is C16H34. The molecule has 0 rings (SSSR count). The van der Waals surface area contributed by atoms with Gasteiger partial charge in [-0.15, -0.1) is 0 Å². The molecule has 16 heavy (non-hydrogen) atoms. The Bertz CT molecular complexity index is 200. The van der Waals surface area contributed by atoms with Gasteiger partial charge < -0.3 is 0 Å². The van der Waals surface area contributed by atoms with Crippen LogP contribution in [0.15, 0.2) is 0 Å². The highest BCUT2D eigenvalue weighted by Gasteiger charge is 2.36. The Morgan fingerprint density at radius 2 is 1.25 bits per heavy atom. The smallest absolute Gasteiger partial charge is 0.0303 e. The lowest BCUT2D eigenvalue weighted by Gasteiger charge is -2.43. The van der Waals surface area contributed by atoms with E-state index >= 15 is 0 Å². The van der Waals surface area contributed by atoms with Crippen molar-refractivity contribution in [2.75, 3.05) is 0 Å². The van der Waals surface area contributed by atoms with E-state index < -0.39 is 0 Å². The van der Waals surface area contributed by atoms with Gasteiger partial charge in [0.25, 0.3) is 0 Å². The van der Waals surface area contributed by atoms with Crippen LogP contribution in [0.25, 0.3) is 0 Å². The second kappa shape index (κ2) is 5.56. The lowest BCUT2D eigenvalue weighted by Crippen LogP contribution is -2.34. The molecule has 2 unspecified atom stereocenters. The van der Waals surface area contributed by atoms with Crippen molar-refractivity contribution in [1.29, 1.82) is 0 Å². The number of rotatable bonds is 6. The first kappa shape index (κ1) is 16.0. The van der Waals surface area contributed by atoms with Crippen LogP contribution in [0.5, 0.6) is 0 Å². The van der Waals surface area contributed by atoms with Gasteiger partial charge in [-0.2, -0.15) is 0 Å². The average Bonchev–Trinajstić information content (AvgIpc) is 2.16. The van der Waals surface area contributed by atoms with Gasteiger partial charge in [-0.3, -0.25) is 0 Å². The molecule has 0 aromatic heterocycles. The largest absolute Gasteiger partial charge is 0.0649 e. The van der Waals surface area contributed by atoms with Gasteiger partial charge in [-0.25, -0.2) is 0 Å². The highest BCUT2D eigenvalue weighted by molar-refractivity contribution is 4.85. The standard InChI is InChI=1S/C16H34/c1-10-16(9,13(4)5)11-14(6)15(7,8)12(2)3/h12-14H,10-11H2,1-9H3. The quantitative estimate of drug-likeness (QED) is 0.539. The van der Waals surface area contributed by atoms with Crippen molar-refractivity contribution in [2.45, 2.75) is 75.2 Å². The van der Waals surface area contributed by atoms with E-state index in [0.717, 1.165) is 17.8 Å². The molecule has 0 amide bonds. The van der Waals surface area contributed by atoms with Crippen LogP contribution in [-0.2, 0) is 0 Å². The second-order valence-corrected chi connectivity index (χ2v) is 7.24. The lowest BCUT2D eigenvalue weighted by atomic mass is 9.63. The molecule has 0 heterocycles. The summed E-state index contributed by atoms with van der Waals surface area (Å²) in [6.45, 7) is 21.6. The van der Waals surface area contributed by atoms with Crippen LogP contribution in [0.3, 0.4) is 0 Å². The SMILES string of the molecule is CCC(C)(CC(C)C(C)(C)C(C)C)C(C)C. The van der Waals surface area contributed by atoms with Gasteiger partial charge in [0.2, 0.25) is 0 Å². The molecule has 98 valence electrons. The van der Waals surface area contributed by atoms with E-state index in [2.05, 4.69) is 62.3 Å². The van der Waals surface area contributed by atoms with Crippen molar-refractivity contribution in [1.82, 2.24) is 0 Å². The minimum Gasteiger partial charge on any atom is -0.0649 e. The van der Waals surface area contributed by atoms with Crippen molar-refractivity contribution in [3.8, 4) is 0 Å². The molecule has 0 N–H and O–H groups in total. The molecule has 0 aromatic carbocycles. The highest BCUT2D eigenvalue weighted by atomic mass is 14.4. The van der Waals surface area contributed by atoms with Gasteiger partial charge in [-0.1, -0.05) is 68.7 Å². The van der Waals surface area contributed by atoms with Crippen molar-refractivity contribution in [2.24, 2.45) is 28.6 Å². The zero-order valence-corrected chi connectivity index (χ0v) is 13.1. The molecule has 0 radical (unpaired) electrons. The molecule has 0 nitrogen and oxygen atoms in total. The lowest BCUT2D eigenvalue weighted by molar-refractivity contribution is 0.0706. The van der Waals surface area contributed by atoms with Crippen LogP contribution >= 0.6 is 0 Å². The third-order valence-electron chi connectivity index (χ3n) is 5.73. The second-order valence-electron chi connectivity index (χ2n) is 7.24. The molecule has 0 heteroatoms. The summed E-state index contributed by atoms with van der Waals surface area (Å²) >= 11 is 0. The molecule has 0 spiro atoms. The molecule has 0 aliphatic heterocycles. The van der Waals surface area contributed by atoms with E-state index in [0.29, 0.717) is 10.8 Å². The molecule has 0 saturated heterocycles. The fourth-order valence-corrected chi connectivity index (χ4v) is 2.32. The summed E-state index contributed by atoms with van der Waals surface area (Å²) in [6.07, 6.45) is 2.65. The van der Waals surface area contributed by atoms with Crippen LogP contribution in [0.2, 0.25) is 0 Å². The number of hydrogen-bond acceptors (Lipinski definition) is 0. The molecule has 0 fully saturated rings. The Labute approximate surface area is 104 Å². The van der Waals surface area contributed by atoms with Gasteiger partial charge >= 0.3 is 0 Å². The van der Waals surface area contributed by atoms with Crippen molar-refractivity contribution in [3.63, 3.8) is 0 Å². The van der Waals surface area contributed by atoms with E-state index in [1.807, 2.05) is 0 Å². The zero-order chi connectivity index (χ0) is 13.1. The van der Waals surface area contributed by atoms with Crippen molar-refractivity contribution >= 4 is 0 Å². The topological polar surface area (TPSA) is 0 Å². The normalized spacial score (nSPS) is 18.9. The van der Waals surface area contributed by atoms with Crippen molar-refractivity contribution in [3.05, 3.63) is 0 Å². The van der Waals surface area contributed by atoms with Crippen LogP contribution in [0.1, 0.15) is 75.2 Å². The first-order valence-corrected chi connectivity index (χ1v) is 7.08. The van der Waals surface area contributed by atoms with E-state index in [-0.39, 0.29) is 0 Å². The Hall–Kier alpha value is 0. The summed E-state index contributed by atoms with van der Waals surface area (Å²) in [5, 5.41) is 0. The van der Waals surface area contributed by atoms with Gasteiger partial charge in [0.05, 0.1) is 0 Å². The van der Waals surface area contributed by atoms with Crippen LogP contribution in [0.4, 0.5) is 0 Å². The summed E-state index contributed by atoms with van der Waals surface area (Å²) in [7, 11) is 0. The monoisotopic (exact) mass is 226 g/mol. The average molecular weight is 226 g/mol. The summed E-state index contributed by atoms with van der Waals surface area (Å²) in [4.78, 5) is 0. The minimum atomic E-state index is 0.450. The van der Waals surface area contributed by atoms with E-state index in [1.165, 1.54) is 12.8 Å². The van der Waals surface area contributed by atoms with E-state index in [4.69, 9.17) is 0 Å². The fourth-order valence-electron chi connectivity index (χ4n) is 2.32. The Kier molecular flexibility index (Phi) is 5.56. The predicted octanol–water partition coefficient (Wildman–Crippen LogP) is 5.77. The number of hydrogen-bond donors (Lipinski definition) is 0. The van der Waals surface area contributed by atoms with Gasteiger partial charge in [0.15, 0.2) is 0 Å². The molecular weight excluding hydrogens is 192 g/mol. The van der Waals surface area contributed by atoms with Crippen LogP contribution in [-0.4, -0.2) is 0 Å². The molecule has 0 aliphatic rings.